The van der Waals surface area contributed by atoms with Crippen LogP contribution in [0.4, 0.5) is 4.39 Å². The van der Waals surface area contributed by atoms with Crippen LogP contribution in [0.3, 0.4) is 0 Å². The maximum Gasteiger partial charge on any atom is 0.234 e. The van der Waals surface area contributed by atoms with Gasteiger partial charge in [-0.2, -0.15) is 0 Å². The van der Waals surface area contributed by atoms with Gasteiger partial charge in [-0.3, -0.25) is 9.69 Å². The zero-order chi connectivity index (χ0) is 14.1. The van der Waals surface area contributed by atoms with Crippen molar-refractivity contribution in [2.75, 3.05) is 26.2 Å². The molecule has 0 bridgehead atoms. The van der Waals surface area contributed by atoms with E-state index in [0.717, 1.165) is 18.5 Å². The van der Waals surface area contributed by atoms with Gasteiger partial charge in [-0.1, -0.05) is 19.1 Å². The van der Waals surface area contributed by atoms with Crippen LogP contribution in [-0.4, -0.2) is 42.2 Å². The average Bonchev–Trinajstić information content (AvgIpc) is 2.39. The first-order chi connectivity index (χ1) is 9.15. The minimum atomic E-state index is -0.285. The van der Waals surface area contributed by atoms with Gasteiger partial charge in [-0.15, -0.1) is 0 Å². The summed E-state index contributed by atoms with van der Waals surface area (Å²) in [5, 5.41) is 11.7. The number of halogens is 1. The third-order valence-corrected chi connectivity index (χ3v) is 2.73. The van der Waals surface area contributed by atoms with Gasteiger partial charge in [0.1, 0.15) is 5.82 Å². The van der Waals surface area contributed by atoms with Crippen LogP contribution in [0.5, 0.6) is 0 Å². The molecule has 4 nitrogen and oxygen atoms in total. The summed E-state index contributed by atoms with van der Waals surface area (Å²) in [5.41, 5.74) is 0.860. The molecule has 1 amide bonds. The van der Waals surface area contributed by atoms with Crippen LogP contribution in [0.2, 0.25) is 0 Å². The van der Waals surface area contributed by atoms with Gasteiger partial charge in [0.2, 0.25) is 5.91 Å². The molecule has 1 aromatic rings. The number of aliphatic hydroxyl groups is 1. The van der Waals surface area contributed by atoms with Crippen molar-refractivity contribution in [1.82, 2.24) is 10.2 Å². The molecule has 0 radical (unpaired) electrons. The van der Waals surface area contributed by atoms with Crippen molar-refractivity contribution in [3.8, 4) is 0 Å². The minimum Gasteiger partial charge on any atom is -0.395 e. The number of aliphatic hydroxyl groups excluding tert-OH is 1. The fourth-order valence-corrected chi connectivity index (χ4v) is 1.79. The van der Waals surface area contributed by atoms with Gasteiger partial charge >= 0.3 is 0 Å². The molecule has 0 saturated carbocycles. The predicted molar refractivity (Wildman–Crippen MR) is 72.1 cm³/mol. The lowest BCUT2D eigenvalue weighted by molar-refractivity contribution is -0.122. The van der Waals surface area contributed by atoms with Crippen LogP contribution in [-0.2, 0) is 11.3 Å². The summed E-state index contributed by atoms with van der Waals surface area (Å²) in [7, 11) is 0. The lowest BCUT2D eigenvalue weighted by Crippen LogP contribution is -2.38. The monoisotopic (exact) mass is 268 g/mol. The van der Waals surface area contributed by atoms with E-state index in [0.29, 0.717) is 13.1 Å². The van der Waals surface area contributed by atoms with E-state index < -0.39 is 0 Å². The van der Waals surface area contributed by atoms with Crippen LogP contribution in [0, 0.1) is 5.82 Å². The molecule has 2 N–H and O–H groups in total. The third kappa shape index (κ3) is 6.31. The molecule has 0 heterocycles. The molecule has 19 heavy (non-hydrogen) atoms. The molecule has 0 aromatic heterocycles. The average molecular weight is 268 g/mol. The Morgan fingerprint density at radius 3 is 2.58 bits per heavy atom. The lowest BCUT2D eigenvalue weighted by atomic mass is 10.2. The molecule has 0 aliphatic heterocycles. The fourth-order valence-electron chi connectivity index (χ4n) is 1.79. The summed E-state index contributed by atoms with van der Waals surface area (Å²) in [6.07, 6.45) is 0.936. The zero-order valence-corrected chi connectivity index (χ0v) is 11.2. The number of rotatable bonds is 8. The van der Waals surface area contributed by atoms with Crippen LogP contribution >= 0.6 is 0 Å². The first-order valence-corrected chi connectivity index (χ1v) is 6.50. The van der Waals surface area contributed by atoms with E-state index in [2.05, 4.69) is 5.32 Å². The second-order valence-electron chi connectivity index (χ2n) is 4.40. The summed E-state index contributed by atoms with van der Waals surface area (Å²) >= 11 is 0. The Labute approximate surface area is 113 Å². The predicted octanol–water partition coefficient (Wildman–Crippen LogP) is 1.15. The Hall–Kier alpha value is -1.46. The first kappa shape index (κ1) is 15.6. The van der Waals surface area contributed by atoms with Crippen molar-refractivity contribution < 1.29 is 14.3 Å². The van der Waals surface area contributed by atoms with Crippen LogP contribution < -0.4 is 5.32 Å². The van der Waals surface area contributed by atoms with Crippen LogP contribution in [0.15, 0.2) is 24.3 Å². The summed E-state index contributed by atoms with van der Waals surface area (Å²) in [5.74, 6) is -0.377. The molecule has 106 valence electrons. The number of hydrogen-bond donors (Lipinski definition) is 2. The van der Waals surface area contributed by atoms with Gasteiger partial charge in [0.15, 0.2) is 0 Å². The lowest BCUT2D eigenvalue weighted by Gasteiger charge is -2.19. The molecular weight excluding hydrogens is 247 g/mol. The Kier molecular flexibility index (Phi) is 7.07. The van der Waals surface area contributed by atoms with Gasteiger partial charge in [0.05, 0.1) is 13.2 Å². The van der Waals surface area contributed by atoms with E-state index in [1.54, 1.807) is 12.1 Å². The highest BCUT2D eigenvalue weighted by Gasteiger charge is 2.09. The highest BCUT2D eigenvalue weighted by atomic mass is 19.1. The quantitative estimate of drug-likeness (QED) is 0.743. The number of benzene rings is 1. The van der Waals surface area contributed by atoms with E-state index in [-0.39, 0.29) is 24.9 Å². The molecule has 1 rings (SSSR count). The maximum absolute atomic E-state index is 12.7. The van der Waals surface area contributed by atoms with E-state index >= 15 is 0 Å². The fraction of sp³-hybridized carbons (Fsp3) is 0.500. The standard InChI is InChI=1S/C14H21FN2O2/c1-2-7-17(8-9-18)11-14(19)16-10-12-3-5-13(15)6-4-12/h3-6,18H,2,7-11H2,1H3,(H,16,19). The molecular formula is C14H21FN2O2. The SMILES string of the molecule is CCCN(CCO)CC(=O)NCc1ccc(F)cc1. The van der Waals surface area contributed by atoms with Crippen molar-refractivity contribution in [3.63, 3.8) is 0 Å². The van der Waals surface area contributed by atoms with Crippen molar-refractivity contribution in [2.45, 2.75) is 19.9 Å². The third-order valence-electron chi connectivity index (χ3n) is 2.73. The Morgan fingerprint density at radius 1 is 1.32 bits per heavy atom. The Morgan fingerprint density at radius 2 is 2.00 bits per heavy atom. The van der Waals surface area contributed by atoms with Crippen LogP contribution in [0.1, 0.15) is 18.9 Å². The Balaban J connectivity index is 2.35. The van der Waals surface area contributed by atoms with E-state index in [1.807, 2.05) is 11.8 Å². The summed E-state index contributed by atoms with van der Waals surface area (Å²) in [4.78, 5) is 13.6. The summed E-state index contributed by atoms with van der Waals surface area (Å²) in [6, 6.07) is 6.04. The van der Waals surface area contributed by atoms with Gasteiger partial charge in [-0.25, -0.2) is 4.39 Å². The van der Waals surface area contributed by atoms with Gasteiger partial charge in [-0.05, 0) is 30.7 Å². The second-order valence-corrected chi connectivity index (χ2v) is 4.40. The van der Waals surface area contributed by atoms with E-state index in [4.69, 9.17) is 5.11 Å². The summed E-state index contributed by atoms with van der Waals surface area (Å²) < 4.78 is 12.7. The van der Waals surface area contributed by atoms with Gasteiger partial charge in [0.25, 0.3) is 0 Å². The topological polar surface area (TPSA) is 52.6 Å². The van der Waals surface area contributed by atoms with Crippen LogP contribution in [0.25, 0.3) is 0 Å². The summed E-state index contributed by atoms with van der Waals surface area (Å²) in [6.45, 7) is 4.02. The largest absolute Gasteiger partial charge is 0.395 e. The number of carbonyl (C=O) groups is 1. The molecule has 0 aliphatic rings. The van der Waals surface area contributed by atoms with Crippen molar-refractivity contribution >= 4 is 5.91 Å². The first-order valence-electron chi connectivity index (χ1n) is 6.50. The molecule has 0 unspecified atom stereocenters. The molecule has 0 saturated heterocycles. The molecule has 0 fully saturated rings. The molecule has 1 aromatic carbocycles. The maximum atomic E-state index is 12.7. The van der Waals surface area contributed by atoms with Gasteiger partial charge < -0.3 is 10.4 Å². The van der Waals surface area contributed by atoms with E-state index in [1.165, 1.54) is 12.1 Å². The van der Waals surface area contributed by atoms with Gasteiger partial charge in [0, 0.05) is 13.1 Å². The number of amides is 1. The highest BCUT2D eigenvalue weighted by molar-refractivity contribution is 5.78. The molecule has 0 atom stereocenters. The second kappa shape index (κ2) is 8.61. The smallest absolute Gasteiger partial charge is 0.234 e. The van der Waals surface area contributed by atoms with Crippen molar-refractivity contribution in [1.29, 1.82) is 0 Å². The molecule has 0 aliphatic carbocycles. The van der Waals surface area contributed by atoms with Crippen molar-refractivity contribution in [2.24, 2.45) is 0 Å². The van der Waals surface area contributed by atoms with E-state index in [9.17, 15) is 9.18 Å². The normalized spacial score (nSPS) is 10.7. The number of nitrogens with zero attached hydrogens (tertiary/aromatic N) is 1. The number of hydrogen-bond acceptors (Lipinski definition) is 3. The van der Waals surface area contributed by atoms with Crippen molar-refractivity contribution in [3.05, 3.63) is 35.6 Å². The zero-order valence-electron chi connectivity index (χ0n) is 11.2. The highest BCUT2D eigenvalue weighted by Crippen LogP contribution is 2.02. The Bertz CT molecular complexity index is 376. The minimum absolute atomic E-state index is 0.0469. The number of carbonyl (C=O) groups excluding carboxylic acids is 1. The molecule has 5 heteroatoms. The molecule has 0 spiro atoms. The number of nitrogens with one attached hydrogen (secondary N) is 1.